The minimum Gasteiger partial charge on any atom is -0.456 e. The van der Waals surface area contributed by atoms with Crippen LogP contribution in [0.4, 0.5) is 0 Å². The third-order valence-electron chi connectivity index (χ3n) is 1.63. The second kappa shape index (κ2) is 5.75. The van der Waals surface area contributed by atoms with Crippen molar-refractivity contribution in [1.29, 1.82) is 0 Å². The molecule has 0 fully saturated rings. The molecule has 76 valence electrons. The minimum absolute atomic E-state index is 0.369. The normalized spacial score (nSPS) is 15.2. The standard InChI is InChI=1S/C10H18O3/c1-5-10(13-8(4)11)9(12)6-7(2)3/h5,7,9-10,12H,1,6H2,2-4H3. The van der Waals surface area contributed by atoms with Gasteiger partial charge in [0.15, 0.2) is 0 Å². The molecular formula is C10H18O3. The molecule has 13 heavy (non-hydrogen) atoms. The molecule has 3 nitrogen and oxygen atoms in total. The van der Waals surface area contributed by atoms with Gasteiger partial charge in [-0.2, -0.15) is 0 Å². The first kappa shape index (κ1) is 12.2. The maximum absolute atomic E-state index is 10.6. The van der Waals surface area contributed by atoms with Crippen LogP contribution in [0.5, 0.6) is 0 Å². The molecule has 0 aliphatic rings. The Kier molecular flexibility index (Phi) is 5.39. The van der Waals surface area contributed by atoms with Crippen LogP contribution in [-0.2, 0) is 9.53 Å². The second-order valence-electron chi connectivity index (χ2n) is 3.51. The van der Waals surface area contributed by atoms with E-state index in [-0.39, 0.29) is 0 Å². The summed E-state index contributed by atoms with van der Waals surface area (Å²) in [6.45, 7) is 8.82. The number of rotatable bonds is 5. The summed E-state index contributed by atoms with van der Waals surface area (Å²) in [5.74, 6) is -0.0271. The highest BCUT2D eigenvalue weighted by atomic mass is 16.6. The monoisotopic (exact) mass is 186 g/mol. The average Bonchev–Trinajstić information content (AvgIpc) is 1.98. The number of hydrogen-bond donors (Lipinski definition) is 1. The molecule has 2 atom stereocenters. The van der Waals surface area contributed by atoms with E-state index < -0.39 is 18.2 Å². The van der Waals surface area contributed by atoms with Crippen molar-refractivity contribution in [3.05, 3.63) is 12.7 Å². The zero-order chi connectivity index (χ0) is 10.4. The Bertz CT molecular complexity index is 175. The van der Waals surface area contributed by atoms with Crippen molar-refractivity contribution in [3.63, 3.8) is 0 Å². The Balaban J connectivity index is 4.06. The molecule has 0 radical (unpaired) electrons. The Labute approximate surface area is 79.4 Å². The predicted molar refractivity (Wildman–Crippen MR) is 51.2 cm³/mol. The van der Waals surface area contributed by atoms with Gasteiger partial charge in [-0.25, -0.2) is 0 Å². The lowest BCUT2D eigenvalue weighted by Gasteiger charge is -2.20. The van der Waals surface area contributed by atoms with Crippen LogP contribution in [-0.4, -0.2) is 23.3 Å². The molecule has 0 bridgehead atoms. The summed E-state index contributed by atoms with van der Waals surface area (Å²) in [5.41, 5.74) is 0. The SMILES string of the molecule is C=CC(OC(C)=O)C(O)CC(C)C. The Morgan fingerprint density at radius 1 is 1.62 bits per heavy atom. The fourth-order valence-electron chi connectivity index (χ4n) is 1.09. The van der Waals surface area contributed by atoms with Crippen LogP contribution in [0.25, 0.3) is 0 Å². The maximum Gasteiger partial charge on any atom is 0.303 e. The molecule has 0 aromatic carbocycles. The van der Waals surface area contributed by atoms with Crippen molar-refractivity contribution in [1.82, 2.24) is 0 Å². The highest BCUT2D eigenvalue weighted by Crippen LogP contribution is 2.11. The zero-order valence-electron chi connectivity index (χ0n) is 8.49. The van der Waals surface area contributed by atoms with E-state index in [0.29, 0.717) is 12.3 Å². The van der Waals surface area contributed by atoms with Gasteiger partial charge in [-0.1, -0.05) is 20.4 Å². The van der Waals surface area contributed by atoms with E-state index in [1.807, 2.05) is 13.8 Å². The Morgan fingerprint density at radius 3 is 2.46 bits per heavy atom. The fraction of sp³-hybridized carbons (Fsp3) is 0.700. The lowest BCUT2D eigenvalue weighted by molar-refractivity contribution is -0.149. The van der Waals surface area contributed by atoms with E-state index in [9.17, 15) is 9.90 Å². The first-order valence-electron chi connectivity index (χ1n) is 4.45. The van der Waals surface area contributed by atoms with Crippen LogP contribution in [0.1, 0.15) is 27.2 Å². The van der Waals surface area contributed by atoms with Gasteiger partial charge in [0, 0.05) is 6.92 Å². The molecule has 2 unspecified atom stereocenters. The van der Waals surface area contributed by atoms with Crippen molar-refractivity contribution in [2.45, 2.75) is 39.4 Å². The number of aliphatic hydroxyl groups is 1. The third kappa shape index (κ3) is 5.42. The minimum atomic E-state index is -0.651. The van der Waals surface area contributed by atoms with Crippen LogP contribution >= 0.6 is 0 Å². The molecule has 1 N–H and O–H groups in total. The van der Waals surface area contributed by atoms with Gasteiger partial charge in [0.25, 0.3) is 0 Å². The molecule has 0 aliphatic heterocycles. The van der Waals surface area contributed by atoms with Gasteiger partial charge >= 0.3 is 5.97 Å². The fourth-order valence-corrected chi connectivity index (χ4v) is 1.09. The molecule has 0 saturated heterocycles. The highest BCUT2D eigenvalue weighted by Gasteiger charge is 2.19. The van der Waals surface area contributed by atoms with Gasteiger partial charge < -0.3 is 9.84 Å². The Morgan fingerprint density at radius 2 is 2.15 bits per heavy atom. The lowest BCUT2D eigenvalue weighted by atomic mass is 10.0. The maximum atomic E-state index is 10.6. The topological polar surface area (TPSA) is 46.5 Å². The summed E-state index contributed by atoms with van der Waals surface area (Å²) in [6, 6.07) is 0. The van der Waals surface area contributed by atoms with Crippen molar-refractivity contribution in [2.24, 2.45) is 5.92 Å². The molecule has 0 aromatic heterocycles. The molecule has 0 amide bonds. The summed E-state index contributed by atoms with van der Waals surface area (Å²) in [6.07, 6.45) is 0.819. The zero-order valence-corrected chi connectivity index (χ0v) is 8.49. The van der Waals surface area contributed by atoms with Gasteiger partial charge in [0.2, 0.25) is 0 Å². The largest absolute Gasteiger partial charge is 0.456 e. The van der Waals surface area contributed by atoms with Crippen molar-refractivity contribution < 1.29 is 14.6 Å². The predicted octanol–water partition coefficient (Wildman–Crippen LogP) is 1.51. The van der Waals surface area contributed by atoms with Crippen LogP contribution in [0.15, 0.2) is 12.7 Å². The average molecular weight is 186 g/mol. The van der Waals surface area contributed by atoms with Gasteiger partial charge in [-0.3, -0.25) is 4.79 Å². The van der Waals surface area contributed by atoms with Crippen molar-refractivity contribution >= 4 is 5.97 Å². The molecular weight excluding hydrogens is 168 g/mol. The second-order valence-corrected chi connectivity index (χ2v) is 3.51. The first-order chi connectivity index (χ1) is 5.97. The number of ether oxygens (including phenoxy) is 1. The summed E-state index contributed by atoms with van der Waals surface area (Å²) >= 11 is 0. The van der Waals surface area contributed by atoms with E-state index in [2.05, 4.69) is 6.58 Å². The number of esters is 1. The summed E-state index contributed by atoms with van der Waals surface area (Å²) in [5, 5.41) is 9.58. The lowest BCUT2D eigenvalue weighted by Crippen LogP contribution is -2.29. The van der Waals surface area contributed by atoms with Crippen molar-refractivity contribution in [3.8, 4) is 0 Å². The first-order valence-corrected chi connectivity index (χ1v) is 4.45. The van der Waals surface area contributed by atoms with Crippen LogP contribution in [0, 0.1) is 5.92 Å². The Hall–Kier alpha value is -0.830. The van der Waals surface area contributed by atoms with E-state index in [4.69, 9.17) is 4.74 Å². The summed E-state index contributed by atoms with van der Waals surface area (Å²) in [7, 11) is 0. The molecule has 3 heteroatoms. The summed E-state index contributed by atoms with van der Waals surface area (Å²) in [4.78, 5) is 10.6. The van der Waals surface area contributed by atoms with E-state index in [1.54, 1.807) is 0 Å². The number of carbonyl (C=O) groups excluding carboxylic acids is 1. The smallest absolute Gasteiger partial charge is 0.303 e. The van der Waals surface area contributed by atoms with E-state index >= 15 is 0 Å². The van der Waals surface area contributed by atoms with Gasteiger partial charge in [-0.15, -0.1) is 0 Å². The number of carbonyl (C=O) groups is 1. The number of aliphatic hydroxyl groups excluding tert-OH is 1. The van der Waals surface area contributed by atoms with Crippen LogP contribution in [0.2, 0.25) is 0 Å². The van der Waals surface area contributed by atoms with E-state index in [0.717, 1.165) is 0 Å². The quantitative estimate of drug-likeness (QED) is 0.523. The number of hydrogen-bond acceptors (Lipinski definition) is 3. The highest BCUT2D eigenvalue weighted by molar-refractivity contribution is 5.66. The molecule has 0 spiro atoms. The molecule has 0 rings (SSSR count). The van der Waals surface area contributed by atoms with Crippen LogP contribution in [0.3, 0.4) is 0 Å². The molecule has 0 saturated carbocycles. The third-order valence-corrected chi connectivity index (χ3v) is 1.63. The molecule has 0 heterocycles. The molecule has 0 aromatic rings. The van der Waals surface area contributed by atoms with Gasteiger partial charge in [0.05, 0.1) is 6.10 Å². The van der Waals surface area contributed by atoms with Crippen LogP contribution < -0.4 is 0 Å². The van der Waals surface area contributed by atoms with E-state index in [1.165, 1.54) is 13.0 Å². The summed E-state index contributed by atoms with van der Waals surface area (Å²) < 4.78 is 4.86. The molecule has 0 aliphatic carbocycles. The van der Waals surface area contributed by atoms with Gasteiger partial charge in [0.1, 0.15) is 6.10 Å². The van der Waals surface area contributed by atoms with Gasteiger partial charge in [-0.05, 0) is 18.4 Å². The van der Waals surface area contributed by atoms with Crippen molar-refractivity contribution in [2.75, 3.05) is 0 Å².